The minimum absolute atomic E-state index is 0.00606. The number of hydrogen-bond donors (Lipinski definition) is 2. The Hall–Kier alpha value is -1.10. The molecule has 3 unspecified atom stereocenters. The van der Waals surface area contributed by atoms with Crippen molar-refractivity contribution in [2.75, 3.05) is 6.54 Å². The largest absolute Gasteiger partial charge is 0.481 e. The predicted octanol–water partition coefficient (Wildman–Crippen LogP) is 0.613. The molecule has 1 aliphatic heterocycles. The van der Waals surface area contributed by atoms with E-state index in [0.29, 0.717) is 19.3 Å². The lowest BCUT2D eigenvalue weighted by molar-refractivity contribution is -0.151. The Kier molecular flexibility index (Phi) is 3.66. The number of aliphatic carboxylic acids is 1. The van der Waals surface area contributed by atoms with Gasteiger partial charge in [-0.05, 0) is 19.3 Å². The number of nitrogens with zero attached hydrogens (tertiary/aromatic N) is 1. The van der Waals surface area contributed by atoms with Gasteiger partial charge in [-0.1, -0.05) is 12.8 Å². The Morgan fingerprint density at radius 1 is 1.24 bits per heavy atom. The Bertz CT molecular complexity index is 318. The van der Waals surface area contributed by atoms with Crippen LogP contribution in [0.5, 0.6) is 0 Å². The van der Waals surface area contributed by atoms with Crippen LogP contribution in [0.3, 0.4) is 0 Å². The van der Waals surface area contributed by atoms with Crippen LogP contribution in [-0.2, 0) is 9.59 Å². The summed E-state index contributed by atoms with van der Waals surface area (Å²) in [6.07, 6.45) is 3.73. The van der Waals surface area contributed by atoms with Crippen LogP contribution >= 0.6 is 0 Å². The van der Waals surface area contributed by atoms with Gasteiger partial charge in [0.25, 0.3) is 0 Å². The van der Waals surface area contributed by atoms with E-state index in [1.807, 2.05) is 0 Å². The average Bonchev–Trinajstić information content (AvgIpc) is 2.30. The number of aliphatic hydroxyl groups excluding tert-OH is 1. The summed E-state index contributed by atoms with van der Waals surface area (Å²) in [6, 6.07) is -0.168. The first-order chi connectivity index (χ1) is 8.09. The Labute approximate surface area is 100 Å². The molecule has 0 radical (unpaired) electrons. The molecule has 2 fully saturated rings. The number of aliphatic hydroxyl groups is 1. The average molecular weight is 241 g/mol. The molecule has 0 spiro atoms. The molecule has 1 aliphatic carbocycles. The number of rotatable bonds is 2. The maximum Gasteiger partial charge on any atom is 0.308 e. The fourth-order valence-electron chi connectivity index (χ4n) is 2.85. The molecule has 5 heteroatoms. The molecule has 2 rings (SSSR count). The molecule has 1 saturated carbocycles. The van der Waals surface area contributed by atoms with E-state index in [1.165, 1.54) is 0 Å². The van der Waals surface area contributed by atoms with Crippen LogP contribution in [-0.4, -0.2) is 45.7 Å². The summed E-state index contributed by atoms with van der Waals surface area (Å²) in [5, 5.41) is 18.9. The Balaban J connectivity index is 2.06. The van der Waals surface area contributed by atoms with Crippen LogP contribution in [0.4, 0.5) is 0 Å². The zero-order valence-corrected chi connectivity index (χ0v) is 9.84. The third-order valence-electron chi connectivity index (χ3n) is 3.89. The normalized spacial score (nSPS) is 34.8. The molecular weight excluding hydrogens is 222 g/mol. The molecule has 1 amide bonds. The van der Waals surface area contributed by atoms with Gasteiger partial charge in [0.15, 0.2) is 0 Å². The highest BCUT2D eigenvalue weighted by Gasteiger charge is 2.37. The molecule has 96 valence electrons. The number of carbonyl (C=O) groups is 2. The van der Waals surface area contributed by atoms with Crippen LogP contribution in [0.25, 0.3) is 0 Å². The van der Waals surface area contributed by atoms with Gasteiger partial charge in [-0.25, -0.2) is 0 Å². The lowest BCUT2D eigenvalue weighted by atomic mass is 9.88. The van der Waals surface area contributed by atoms with Crippen LogP contribution in [0.15, 0.2) is 0 Å². The zero-order chi connectivity index (χ0) is 12.4. The summed E-state index contributed by atoms with van der Waals surface area (Å²) in [5.74, 6) is -1.32. The number of carboxylic acids is 1. The minimum Gasteiger partial charge on any atom is -0.481 e. The first-order valence-corrected chi connectivity index (χ1v) is 6.30. The van der Waals surface area contributed by atoms with Gasteiger partial charge in [-0.15, -0.1) is 0 Å². The summed E-state index contributed by atoms with van der Waals surface area (Å²) in [4.78, 5) is 24.4. The van der Waals surface area contributed by atoms with Crippen molar-refractivity contribution >= 4 is 11.9 Å². The highest BCUT2D eigenvalue weighted by Crippen LogP contribution is 2.28. The molecule has 0 aromatic heterocycles. The first-order valence-electron chi connectivity index (χ1n) is 6.30. The van der Waals surface area contributed by atoms with Gasteiger partial charge in [0.2, 0.25) is 5.91 Å². The first kappa shape index (κ1) is 12.4. The van der Waals surface area contributed by atoms with Gasteiger partial charge in [-0.2, -0.15) is 0 Å². The van der Waals surface area contributed by atoms with Gasteiger partial charge in [-0.3, -0.25) is 9.59 Å². The maximum absolute atomic E-state index is 11.8. The third kappa shape index (κ3) is 2.60. The third-order valence-corrected chi connectivity index (χ3v) is 3.89. The molecule has 0 aromatic carbocycles. The van der Waals surface area contributed by atoms with Crippen LogP contribution < -0.4 is 0 Å². The van der Waals surface area contributed by atoms with Crippen molar-refractivity contribution in [2.24, 2.45) is 5.92 Å². The maximum atomic E-state index is 11.8. The lowest BCUT2D eigenvalue weighted by Crippen LogP contribution is -2.53. The number of amides is 1. The number of carbonyl (C=O) groups excluding carboxylic acids is 1. The van der Waals surface area contributed by atoms with E-state index in [-0.39, 0.29) is 18.5 Å². The number of carboxylic acid groups (broad SMARTS) is 1. The van der Waals surface area contributed by atoms with Crippen molar-refractivity contribution < 1.29 is 19.8 Å². The number of hydrogen-bond acceptors (Lipinski definition) is 3. The zero-order valence-electron chi connectivity index (χ0n) is 9.84. The van der Waals surface area contributed by atoms with Crippen molar-refractivity contribution in [2.45, 2.75) is 50.7 Å². The van der Waals surface area contributed by atoms with Gasteiger partial charge >= 0.3 is 5.97 Å². The molecule has 2 aliphatic rings. The second-order valence-electron chi connectivity index (χ2n) is 5.04. The monoisotopic (exact) mass is 241 g/mol. The Morgan fingerprint density at radius 2 is 1.94 bits per heavy atom. The molecule has 1 saturated heterocycles. The second-order valence-corrected chi connectivity index (χ2v) is 5.04. The van der Waals surface area contributed by atoms with E-state index in [9.17, 15) is 14.7 Å². The Morgan fingerprint density at radius 3 is 2.59 bits per heavy atom. The summed E-state index contributed by atoms with van der Waals surface area (Å²) >= 11 is 0. The lowest BCUT2D eigenvalue weighted by Gasteiger charge is -2.41. The smallest absolute Gasteiger partial charge is 0.308 e. The topological polar surface area (TPSA) is 77.8 Å². The fourth-order valence-corrected chi connectivity index (χ4v) is 2.85. The van der Waals surface area contributed by atoms with Crippen LogP contribution in [0.2, 0.25) is 0 Å². The van der Waals surface area contributed by atoms with Crippen molar-refractivity contribution in [1.82, 2.24) is 4.90 Å². The van der Waals surface area contributed by atoms with Crippen LogP contribution in [0, 0.1) is 5.92 Å². The highest BCUT2D eigenvalue weighted by molar-refractivity contribution is 5.80. The molecule has 2 N–H and O–H groups in total. The SMILES string of the molecule is O=C(O)C1CCC(=O)N(C2CCCCC2O)C1. The highest BCUT2D eigenvalue weighted by atomic mass is 16.4. The predicted molar refractivity (Wildman–Crippen MR) is 60.3 cm³/mol. The fraction of sp³-hybridized carbons (Fsp3) is 0.833. The van der Waals surface area contributed by atoms with Crippen molar-refractivity contribution in [3.8, 4) is 0 Å². The van der Waals surface area contributed by atoms with Crippen molar-refractivity contribution in [1.29, 1.82) is 0 Å². The quantitative estimate of drug-likeness (QED) is 0.742. The molecule has 5 nitrogen and oxygen atoms in total. The van der Waals surface area contributed by atoms with E-state index < -0.39 is 18.0 Å². The molecule has 0 bridgehead atoms. The summed E-state index contributed by atoms with van der Waals surface area (Å²) in [5.41, 5.74) is 0. The van der Waals surface area contributed by atoms with Crippen LogP contribution in [0.1, 0.15) is 38.5 Å². The summed E-state index contributed by atoms with van der Waals surface area (Å²) < 4.78 is 0. The molecule has 1 heterocycles. The molecule has 17 heavy (non-hydrogen) atoms. The summed E-state index contributed by atoms with van der Waals surface area (Å²) in [6.45, 7) is 0.260. The van der Waals surface area contributed by atoms with E-state index in [2.05, 4.69) is 0 Å². The van der Waals surface area contributed by atoms with E-state index in [0.717, 1.165) is 19.3 Å². The van der Waals surface area contributed by atoms with Gasteiger partial charge in [0.05, 0.1) is 18.1 Å². The molecule has 0 aromatic rings. The van der Waals surface area contributed by atoms with E-state index in [1.54, 1.807) is 4.90 Å². The number of likely N-dealkylation sites (tertiary alicyclic amines) is 1. The van der Waals surface area contributed by atoms with Crippen molar-refractivity contribution in [3.63, 3.8) is 0 Å². The molecular formula is C12H19NO4. The molecule has 3 atom stereocenters. The standard InChI is InChI=1S/C12H19NO4/c14-10-4-2-1-3-9(10)13-7-8(12(16)17)5-6-11(13)15/h8-10,14H,1-7H2,(H,16,17). The second kappa shape index (κ2) is 5.04. The van der Waals surface area contributed by atoms with Gasteiger partial charge < -0.3 is 15.1 Å². The minimum atomic E-state index is -0.840. The van der Waals surface area contributed by atoms with E-state index >= 15 is 0 Å². The number of piperidine rings is 1. The van der Waals surface area contributed by atoms with E-state index in [4.69, 9.17) is 5.11 Å². The summed E-state index contributed by atoms with van der Waals surface area (Å²) in [7, 11) is 0. The van der Waals surface area contributed by atoms with Gasteiger partial charge in [0.1, 0.15) is 0 Å². The van der Waals surface area contributed by atoms with Crippen molar-refractivity contribution in [3.05, 3.63) is 0 Å². The van der Waals surface area contributed by atoms with Gasteiger partial charge in [0, 0.05) is 13.0 Å².